The van der Waals surface area contributed by atoms with Gasteiger partial charge in [0.2, 0.25) is 5.91 Å². The predicted molar refractivity (Wildman–Crippen MR) is 99.8 cm³/mol. The second-order valence-electron chi connectivity index (χ2n) is 7.08. The van der Waals surface area contributed by atoms with Gasteiger partial charge in [-0.15, -0.1) is 0 Å². The zero-order valence-corrected chi connectivity index (χ0v) is 15.6. The minimum atomic E-state index is -0.242. The molecule has 0 spiro atoms. The maximum atomic E-state index is 13.2. The Morgan fingerprint density at radius 1 is 1.16 bits per heavy atom. The van der Waals surface area contributed by atoms with Crippen LogP contribution in [0, 0.1) is 11.7 Å². The standard InChI is InChI=1S/C20H25FN2OS/c1-15(2)19-13-22(11-17-8-10-25-14-17)9-7-20(24)23(19)12-16-3-5-18(21)6-4-16/h3-6,8,10,14-15,19H,7,9,11-13H2,1-2H3/t19-/m0/s1. The van der Waals surface area contributed by atoms with Gasteiger partial charge in [-0.2, -0.15) is 11.3 Å². The van der Waals surface area contributed by atoms with Crippen molar-refractivity contribution in [3.8, 4) is 0 Å². The Balaban J connectivity index is 1.76. The molecule has 1 amide bonds. The van der Waals surface area contributed by atoms with Gasteiger partial charge in [0.1, 0.15) is 5.82 Å². The number of halogens is 1. The maximum Gasteiger partial charge on any atom is 0.224 e. The fraction of sp³-hybridized carbons (Fsp3) is 0.450. The largest absolute Gasteiger partial charge is 0.334 e. The number of benzene rings is 1. The van der Waals surface area contributed by atoms with Crippen LogP contribution < -0.4 is 0 Å². The van der Waals surface area contributed by atoms with Gasteiger partial charge >= 0.3 is 0 Å². The van der Waals surface area contributed by atoms with Gasteiger partial charge in [0.25, 0.3) is 0 Å². The van der Waals surface area contributed by atoms with E-state index in [-0.39, 0.29) is 17.8 Å². The Hall–Kier alpha value is -1.72. The van der Waals surface area contributed by atoms with E-state index in [1.807, 2.05) is 4.90 Å². The van der Waals surface area contributed by atoms with Gasteiger partial charge in [0.15, 0.2) is 0 Å². The highest BCUT2D eigenvalue weighted by Gasteiger charge is 2.31. The van der Waals surface area contributed by atoms with E-state index in [9.17, 15) is 9.18 Å². The van der Waals surface area contributed by atoms with E-state index in [0.717, 1.165) is 25.2 Å². The molecule has 3 nitrogen and oxygen atoms in total. The number of rotatable bonds is 5. The predicted octanol–water partition coefficient (Wildman–Crippen LogP) is 4.15. The first-order valence-corrected chi connectivity index (χ1v) is 9.74. The Kier molecular flexibility index (Phi) is 5.86. The summed E-state index contributed by atoms with van der Waals surface area (Å²) in [6.45, 7) is 7.45. The highest BCUT2D eigenvalue weighted by molar-refractivity contribution is 7.07. The zero-order chi connectivity index (χ0) is 17.8. The van der Waals surface area contributed by atoms with Crippen molar-refractivity contribution in [3.05, 3.63) is 58.0 Å². The van der Waals surface area contributed by atoms with Crippen LogP contribution in [0.5, 0.6) is 0 Å². The van der Waals surface area contributed by atoms with Crippen LogP contribution in [0.25, 0.3) is 0 Å². The summed E-state index contributed by atoms with van der Waals surface area (Å²) in [5.41, 5.74) is 2.29. The summed E-state index contributed by atoms with van der Waals surface area (Å²) in [5.74, 6) is 0.316. The van der Waals surface area contributed by atoms with Crippen LogP contribution in [0.15, 0.2) is 41.1 Å². The molecule has 1 saturated heterocycles. The third kappa shape index (κ3) is 4.67. The number of hydrogen-bond acceptors (Lipinski definition) is 3. The summed E-state index contributed by atoms with van der Waals surface area (Å²) in [6, 6.07) is 8.79. The molecule has 25 heavy (non-hydrogen) atoms. The summed E-state index contributed by atoms with van der Waals surface area (Å²) >= 11 is 1.71. The quantitative estimate of drug-likeness (QED) is 0.800. The molecule has 1 aliphatic rings. The molecule has 134 valence electrons. The summed E-state index contributed by atoms with van der Waals surface area (Å²) < 4.78 is 13.2. The first-order valence-electron chi connectivity index (χ1n) is 8.80. The molecule has 1 aromatic carbocycles. The number of hydrogen-bond donors (Lipinski definition) is 0. The van der Waals surface area contributed by atoms with Crippen LogP contribution >= 0.6 is 11.3 Å². The van der Waals surface area contributed by atoms with E-state index in [4.69, 9.17) is 0 Å². The fourth-order valence-electron chi connectivity index (χ4n) is 3.38. The van der Waals surface area contributed by atoms with E-state index in [2.05, 4.69) is 35.6 Å². The van der Waals surface area contributed by atoms with Crippen molar-refractivity contribution >= 4 is 17.2 Å². The third-order valence-corrected chi connectivity index (χ3v) is 5.56. The second kappa shape index (κ2) is 8.11. The van der Waals surface area contributed by atoms with E-state index in [1.54, 1.807) is 23.5 Å². The Morgan fingerprint density at radius 2 is 1.92 bits per heavy atom. The van der Waals surface area contributed by atoms with Crippen molar-refractivity contribution in [2.45, 2.75) is 39.4 Å². The molecule has 1 aromatic heterocycles. The Labute approximate surface area is 153 Å². The van der Waals surface area contributed by atoms with Gasteiger partial charge in [0.05, 0.1) is 0 Å². The average molecular weight is 360 g/mol. The van der Waals surface area contributed by atoms with Crippen molar-refractivity contribution < 1.29 is 9.18 Å². The molecule has 1 atom stereocenters. The van der Waals surface area contributed by atoms with E-state index < -0.39 is 0 Å². The monoisotopic (exact) mass is 360 g/mol. The molecule has 5 heteroatoms. The number of nitrogens with zero attached hydrogens (tertiary/aromatic N) is 2. The summed E-state index contributed by atoms with van der Waals surface area (Å²) in [4.78, 5) is 17.2. The molecule has 0 N–H and O–H groups in total. The lowest BCUT2D eigenvalue weighted by molar-refractivity contribution is -0.134. The third-order valence-electron chi connectivity index (χ3n) is 4.83. The molecule has 3 rings (SSSR count). The fourth-order valence-corrected chi connectivity index (χ4v) is 4.04. The van der Waals surface area contributed by atoms with Gasteiger partial charge < -0.3 is 4.90 Å². The molecule has 0 saturated carbocycles. The lowest BCUT2D eigenvalue weighted by Gasteiger charge is -2.35. The molecule has 0 aliphatic carbocycles. The first-order chi connectivity index (χ1) is 12.0. The van der Waals surface area contributed by atoms with Crippen LogP contribution in [0.2, 0.25) is 0 Å². The topological polar surface area (TPSA) is 23.6 Å². The van der Waals surface area contributed by atoms with Gasteiger partial charge in [0, 0.05) is 38.6 Å². The van der Waals surface area contributed by atoms with Crippen LogP contribution in [-0.2, 0) is 17.9 Å². The zero-order valence-electron chi connectivity index (χ0n) is 14.8. The van der Waals surface area contributed by atoms with Crippen molar-refractivity contribution in [2.24, 2.45) is 5.92 Å². The molecule has 2 heterocycles. The van der Waals surface area contributed by atoms with Crippen molar-refractivity contribution in [1.29, 1.82) is 0 Å². The van der Waals surface area contributed by atoms with E-state index >= 15 is 0 Å². The van der Waals surface area contributed by atoms with Gasteiger partial charge in [-0.05, 0) is 46.0 Å². The molecule has 0 bridgehead atoms. The van der Waals surface area contributed by atoms with E-state index in [1.165, 1.54) is 17.7 Å². The van der Waals surface area contributed by atoms with Crippen LogP contribution in [0.1, 0.15) is 31.4 Å². The number of thiophene rings is 1. The molecule has 0 radical (unpaired) electrons. The lowest BCUT2D eigenvalue weighted by atomic mass is 10.0. The lowest BCUT2D eigenvalue weighted by Crippen LogP contribution is -2.45. The SMILES string of the molecule is CC(C)[C@@H]1CN(Cc2ccsc2)CCC(=O)N1Cc1ccc(F)cc1. The number of amides is 1. The van der Waals surface area contributed by atoms with Crippen LogP contribution in [0.3, 0.4) is 0 Å². The highest BCUT2D eigenvalue weighted by atomic mass is 32.1. The van der Waals surface area contributed by atoms with Crippen LogP contribution in [0.4, 0.5) is 4.39 Å². The van der Waals surface area contributed by atoms with Gasteiger partial charge in [-0.25, -0.2) is 4.39 Å². The minimum Gasteiger partial charge on any atom is -0.334 e. The average Bonchev–Trinajstić information content (AvgIpc) is 3.04. The van der Waals surface area contributed by atoms with Crippen LogP contribution in [-0.4, -0.2) is 34.8 Å². The Morgan fingerprint density at radius 3 is 2.56 bits per heavy atom. The van der Waals surface area contributed by atoms with Gasteiger partial charge in [-0.1, -0.05) is 26.0 Å². The molecule has 2 aromatic rings. The molecule has 1 fully saturated rings. The van der Waals surface area contributed by atoms with Gasteiger partial charge in [-0.3, -0.25) is 9.69 Å². The maximum absolute atomic E-state index is 13.2. The van der Waals surface area contributed by atoms with E-state index in [0.29, 0.717) is 18.9 Å². The molecular weight excluding hydrogens is 335 g/mol. The highest BCUT2D eigenvalue weighted by Crippen LogP contribution is 2.22. The van der Waals surface area contributed by atoms with Crippen molar-refractivity contribution in [1.82, 2.24) is 9.80 Å². The Bertz CT molecular complexity index is 684. The molecule has 0 unspecified atom stereocenters. The smallest absolute Gasteiger partial charge is 0.224 e. The number of carbonyl (C=O) groups is 1. The summed E-state index contributed by atoms with van der Waals surface area (Å²) in [6.07, 6.45) is 0.536. The normalized spacial score (nSPS) is 19.4. The molecule has 1 aliphatic heterocycles. The van der Waals surface area contributed by atoms with Crippen molar-refractivity contribution in [2.75, 3.05) is 13.1 Å². The summed E-state index contributed by atoms with van der Waals surface area (Å²) in [5, 5.41) is 4.27. The first kappa shape index (κ1) is 18.1. The minimum absolute atomic E-state index is 0.165. The summed E-state index contributed by atoms with van der Waals surface area (Å²) in [7, 11) is 0. The molecular formula is C20H25FN2OS. The van der Waals surface area contributed by atoms with Crippen molar-refractivity contribution in [3.63, 3.8) is 0 Å². The number of carbonyl (C=O) groups excluding carboxylic acids is 1. The second-order valence-corrected chi connectivity index (χ2v) is 7.86.